The quantitative estimate of drug-likeness (QED) is 0.0160. The highest BCUT2D eigenvalue weighted by Crippen LogP contribution is 2.43. The van der Waals surface area contributed by atoms with Gasteiger partial charge in [-0.1, -0.05) is 156 Å². The normalized spacial score (nSPS) is 11.7. The minimum absolute atomic E-state index is 0.00432. The van der Waals surface area contributed by atoms with Gasteiger partial charge in [-0.25, -0.2) is 0 Å². The van der Waals surface area contributed by atoms with Gasteiger partial charge in [0.15, 0.2) is 26.4 Å². The van der Waals surface area contributed by atoms with E-state index < -0.39 is 118 Å². The molecule has 0 saturated heterocycles. The molecule has 0 aromatic heterocycles. The van der Waals surface area contributed by atoms with Gasteiger partial charge in [-0.3, -0.25) is 59.6 Å². The van der Waals surface area contributed by atoms with Crippen LogP contribution in [-0.2, 0) is 44.9 Å². The number of nitro groups is 4. The summed E-state index contributed by atoms with van der Waals surface area (Å²) in [5, 5.41) is 63.8. The highest BCUT2D eigenvalue weighted by atomic mass is 16.6. The van der Waals surface area contributed by atoms with Gasteiger partial charge in [0.25, 0.3) is 46.4 Å². The van der Waals surface area contributed by atoms with E-state index in [9.17, 15) is 59.6 Å². The molecule has 0 spiro atoms. The molecular formula is C68H96N8O16. The van der Waals surface area contributed by atoms with Crippen molar-refractivity contribution in [2.45, 2.75) is 207 Å². The third-order valence-corrected chi connectivity index (χ3v) is 16.1. The smallest absolute Gasteiger partial charge is 0.270 e. The number of carbonyl (C=O) groups excluding carboxylic acids is 4. The van der Waals surface area contributed by atoms with Crippen LogP contribution in [0.25, 0.3) is 0 Å². The van der Waals surface area contributed by atoms with Gasteiger partial charge in [0.1, 0.15) is 23.0 Å². The Morgan fingerprint density at radius 1 is 0.304 bits per heavy atom. The molecule has 504 valence electrons. The van der Waals surface area contributed by atoms with Crippen LogP contribution in [0.5, 0.6) is 23.0 Å². The van der Waals surface area contributed by atoms with Crippen molar-refractivity contribution >= 4 is 46.4 Å². The standard InChI is InChI=1S/C68H96N8O16/c1-5-9-13-17-21-25-29-69-61(77)45-89-65-49-33-51-39-58(74(83)84)41-53(66(51)90-46-62(78)70-30-26-22-18-14-10-6-2)35-55-43-60(76(87)88)44-56(68(55)92-48-64(80)72-32-28-24-20-16-12-8-4)36-54-42-59(75(85)86)40-52(34-50(65)38-57(37-49)73(81)82)67(54)91-47-63(79)71-31-27-23-19-15-11-7-3/h37-44H,5-36,45-48H2,1-4H3,(H,69,77)(H,70,78)(H,71,79)(H,72,80). The van der Waals surface area contributed by atoms with Gasteiger partial charge in [0, 0.05) is 145 Å². The molecule has 92 heavy (non-hydrogen) atoms. The first-order chi connectivity index (χ1) is 44.5. The summed E-state index contributed by atoms with van der Waals surface area (Å²) in [5.41, 5.74) is -1.96. The second-order valence-electron chi connectivity index (χ2n) is 23.7. The lowest BCUT2D eigenvalue weighted by molar-refractivity contribution is -0.385. The number of carbonyl (C=O) groups is 4. The van der Waals surface area contributed by atoms with Crippen LogP contribution >= 0.6 is 0 Å². The maximum atomic E-state index is 13.7. The van der Waals surface area contributed by atoms with Gasteiger partial charge in [0.2, 0.25) is 0 Å². The van der Waals surface area contributed by atoms with Crippen molar-refractivity contribution in [1.29, 1.82) is 0 Å². The SMILES string of the molecule is CCCCCCCCNC(=O)COc1c2cc([N+](=O)[O-])cc1Cc1cc([N+](=O)[O-])cc(c1OCC(=O)NCCCCCCCC)Cc1cc([N+](=O)[O-])cc(c1OCC(=O)NCCCCCCCC)Cc1cc([N+](=O)[O-])cc(c1OCC(=O)NCCCCCCCC)C2. The number of ether oxygens (including phenoxy) is 4. The Kier molecular flexibility index (Phi) is 33.2. The summed E-state index contributed by atoms with van der Waals surface area (Å²) in [6.45, 7) is 7.29. The van der Waals surface area contributed by atoms with Crippen LogP contribution in [0.1, 0.15) is 226 Å². The summed E-state index contributed by atoms with van der Waals surface area (Å²) in [6.07, 6.45) is 21.2. The first-order valence-corrected chi connectivity index (χ1v) is 33.2. The summed E-state index contributed by atoms with van der Waals surface area (Å²) in [7, 11) is 0. The Bertz CT molecular complexity index is 2600. The lowest BCUT2D eigenvalue weighted by Gasteiger charge is -2.22. The molecule has 1 aliphatic carbocycles. The lowest BCUT2D eigenvalue weighted by atomic mass is 9.90. The van der Waals surface area contributed by atoms with Crippen molar-refractivity contribution in [3.05, 3.63) is 133 Å². The number of nitrogens with zero attached hydrogens (tertiary/aromatic N) is 4. The Morgan fingerprint density at radius 3 is 0.630 bits per heavy atom. The van der Waals surface area contributed by atoms with Crippen LogP contribution in [-0.4, -0.2) is 95.9 Å². The maximum Gasteiger partial charge on any atom is 0.270 e. The van der Waals surface area contributed by atoms with Crippen LogP contribution < -0.4 is 40.2 Å². The molecule has 0 heterocycles. The Hall–Kier alpha value is -8.44. The number of unbranched alkanes of at least 4 members (excludes halogenated alkanes) is 20. The molecular weight excluding hydrogens is 1180 g/mol. The number of benzene rings is 4. The molecule has 5 rings (SSSR count). The Balaban J connectivity index is 1.78. The number of rotatable bonds is 44. The molecule has 0 fully saturated rings. The van der Waals surface area contributed by atoms with Gasteiger partial charge in [0.05, 0.1) is 19.7 Å². The van der Waals surface area contributed by atoms with Crippen LogP contribution in [0.3, 0.4) is 0 Å². The first-order valence-electron chi connectivity index (χ1n) is 33.2. The number of nitrogens with one attached hydrogen (secondary N) is 4. The highest BCUT2D eigenvalue weighted by Gasteiger charge is 2.30. The monoisotopic (exact) mass is 1280 g/mol. The molecule has 0 atom stereocenters. The summed E-state index contributed by atoms with van der Waals surface area (Å²) in [4.78, 5) is 104. The van der Waals surface area contributed by atoms with E-state index in [2.05, 4.69) is 49.0 Å². The van der Waals surface area contributed by atoms with Crippen molar-refractivity contribution in [3.8, 4) is 23.0 Å². The number of amides is 4. The summed E-state index contributed by atoms with van der Waals surface area (Å²) >= 11 is 0. The molecule has 0 unspecified atom stereocenters. The van der Waals surface area contributed by atoms with Crippen molar-refractivity contribution in [2.24, 2.45) is 0 Å². The molecule has 0 radical (unpaired) electrons. The molecule has 4 N–H and O–H groups in total. The van der Waals surface area contributed by atoms with Gasteiger partial charge in [-0.2, -0.15) is 0 Å². The van der Waals surface area contributed by atoms with Crippen molar-refractivity contribution < 1.29 is 57.8 Å². The molecule has 0 aliphatic heterocycles. The van der Waals surface area contributed by atoms with E-state index in [-0.39, 0.29) is 67.5 Å². The van der Waals surface area contributed by atoms with E-state index in [1.54, 1.807) is 0 Å². The third-order valence-electron chi connectivity index (χ3n) is 16.1. The average Bonchev–Trinajstić information content (AvgIpc) is 0.790. The van der Waals surface area contributed by atoms with Gasteiger partial charge >= 0.3 is 0 Å². The van der Waals surface area contributed by atoms with E-state index in [1.165, 1.54) is 48.5 Å². The van der Waals surface area contributed by atoms with E-state index in [0.717, 1.165) is 128 Å². The third kappa shape index (κ3) is 25.7. The van der Waals surface area contributed by atoms with Gasteiger partial charge < -0.3 is 40.2 Å². The summed E-state index contributed by atoms with van der Waals surface area (Å²) < 4.78 is 25.7. The van der Waals surface area contributed by atoms with Gasteiger partial charge in [-0.15, -0.1) is 0 Å². The molecule has 1 aliphatic rings. The van der Waals surface area contributed by atoms with Crippen LogP contribution in [0.15, 0.2) is 48.5 Å². The van der Waals surface area contributed by atoms with Crippen LogP contribution in [0.2, 0.25) is 0 Å². The van der Waals surface area contributed by atoms with Gasteiger partial charge in [-0.05, 0) is 25.7 Å². The zero-order valence-corrected chi connectivity index (χ0v) is 54.4. The number of hydrogen-bond acceptors (Lipinski definition) is 16. The molecule has 24 nitrogen and oxygen atoms in total. The molecule has 24 heteroatoms. The first kappa shape index (κ1) is 74.3. The number of hydrogen-bond donors (Lipinski definition) is 4. The van der Waals surface area contributed by atoms with E-state index in [1.807, 2.05) is 0 Å². The van der Waals surface area contributed by atoms with E-state index in [0.29, 0.717) is 51.9 Å². The summed E-state index contributed by atoms with van der Waals surface area (Å²) in [5.74, 6) is -2.57. The van der Waals surface area contributed by atoms with Crippen molar-refractivity contribution in [1.82, 2.24) is 21.3 Å². The second-order valence-corrected chi connectivity index (χ2v) is 23.7. The molecule has 4 amide bonds. The van der Waals surface area contributed by atoms with Crippen LogP contribution in [0.4, 0.5) is 22.7 Å². The Morgan fingerprint density at radius 2 is 0.467 bits per heavy atom. The van der Waals surface area contributed by atoms with Crippen LogP contribution in [0, 0.1) is 40.5 Å². The Labute approximate surface area is 540 Å². The fourth-order valence-corrected chi connectivity index (χ4v) is 11.3. The van der Waals surface area contributed by atoms with E-state index in [4.69, 9.17) is 18.9 Å². The topological polar surface area (TPSA) is 326 Å². The second kappa shape index (κ2) is 41.1. The van der Waals surface area contributed by atoms with E-state index >= 15 is 0 Å². The predicted octanol–water partition coefficient (Wildman–Crippen LogP) is 13.4. The maximum absolute atomic E-state index is 13.7. The number of fused-ring (bicyclic) bond motifs is 8. The van der Waals surface area contributed by atoms with Crippen molar-refractivity contribution in [2.75, 3.05) is 52.6 Å². The zero-order chi connectivity index (χ0) is 66.6. The predicted molar refractivity (Wildman–Crippen MR) is 351 cm³/mol. The minimum Gasteiger partial charge on any atom is -0.483 e. The highest BCUT2D eigenvalue weighted by molar-refractivity contribution is 5.79. The fraction of sp³-hybridized carbons (Fsp3) is 0.588. The van der Waals surface area contributed by atoms with Crippen molar-refractivity contribution in [3.63, 3.8) is 0 Å². The average molecular weight is 1280 g/mol. The minimum atomic E-state index is -0.674. The molecule has 0 saturated carbocycles. The lowest BCUT2D eigenvalue weighted by Crippen LogP contribution is -2.30. The number of non-ortho nitro benzene ring substituents is 4. The summed E-state index contributed by atoms with van der Waals surface area (Å²) in [6, 6.07) is 9.38. The molecule has 4 aromatic carbocycles. The largest absolute Gasteiger partial charge is 0.483 e. The number of nitro benzene ring substituents is 4. The fourth-order valence-electron chi connectivity index (χ4n) is 11.3. The zero-order valence-electron chi connectivity index (χ0n) is 54.4. The molecule has 8 bridgehead atoms. The molecule has 4 aromatic rings.